The van der Waals surface area contributed by atoms with E-state index in [1.165, 1.54) is 0 Å². The van der Waals surface area contributed by atoms with Crippen molar-refractivity contribution in [3.05, 3.63) is 23.9 Å². The molecule has 0 aliphatic heterocycles. The number of rotatable bonds is 5. The summed E-state index contributed by atoms with van der Waals surface area (Å²) in [6.07, 6.45) is 2.90. The fraction of sp³-hybridized carbons (Fsp3) is 0.625. The molecule has 0 bridgehead atoms. The van der Waals surface area contributed by atoms with Gasteiger partial charge in [0.25, 0.3) is 0 Å². The summed E-state index contributed by atoms with van der Waals surface area (Å²) in [4.78, 5) is 18.4. The molecule has 1 aliphatic rings. The maximum atomic E-state index is 12.1. The molecule has 2 rings (SSSR count). The zero-order valence-corrected chi connectivity index (χ0v) is 13.6. The predicted molar refractivity (Wildman–Crippen MR) is 86.8 cm³/mol. The van der Waals surface area contributed by atoms with Crippen molar-refractivity contribution >= 4 is 11.8 Å². The molecular formula is C16H26N4O2. The van der Waals surface area contributed by atoms with Gasteiger partial charge in [0.1, 0.15) is 5.82 Å². The summed E-state index contributed by atoms with van der Waals surface area (Å²) in [6.45, 7) is 2.51. The second-order valence-electron chi connectivity index (χ2n) is 6.47. The van der Waals surface area contributed by atoms with E-state index in [-0.39, 0.29) is 24.1 Å². The molecule has 1 aliphatic carbocycles. The van der Waals surface area contributed by atoms with Crippen molar-refractivity contribution in [2.24, 2.45) is 5.41 Å². The summed E-state index contributed by atoms with van der Waals surface area (Å²) >= 11 is 0. The van der Waals surface area contributed by atoms with E-state index in [4.69, 9.17) is 0 Å². The van der Waals surface area contributed by atoms with Gasteiger partial charge in [0, 0.05) is 25.6 Å². The highest BCUT2D eigenvalue weighted by Crippen LogP contribution is 2.37. The minimum absolute atomic E-state index is 0.0265. The van der Waals surface area contributed by atoms with Crippen LogP contribution in [0.5, 0.6) is 0 Å². The molecule has 2 amide bonds. The van der Waals surface area contributed by atoms with Crippen molar-refractivity contribution in [3.8, 4) is 0 Å². The summed E-state index contributed by atoms with van der Waals surface area (Å²) in [5.41, 5.74) is 0.609. The SMILES string of the molecule is CN(C)c1cccc(CNC(=O)NC2CCCC2(C)CO)n1. The topological polar surface area (TPSA) is 77.5 Å². The van der Waals surface area contributed by atoms with Gasteiger partial charge in [-0.1, -0.05) is 19.4 Å². The number of hydrogen-bond donors (Lipinski definition) is 3. The fourth-order valence-corrected chi connectivity index (χ4v) is 2.86. The summed E-state index contributed by atoms with van der Waals surface area (Å²) in [7, 11) is 3.87. The highest BCUT2D eigenvalue weighted by molar-refractivity contribution is 5.74. The first-order valence-electron chi connectivity index (χ1n) is 7.73. The largest absolute Gasteiger partial charge is 0.396 e. The number of aliphatic hydroxyl groups excluding tert-OH is 1. The average molecular weight is 306 g/mol. The number of aliphatic hydroxyl groups is 1. The molecule has 1 aromatic rings. The van der Waals surface area contributed by atoms with E-state index in [1.54, 1.807) is 0 Å². The average Bonchev–Trinajstić information content (AvgIpc) is 2.87. The third-order valence-electron chi connectivity index (χ3n) is 4.43. The first kappa shape index (κ1) is 16.5. The highest BCUT2D eigenvalue weighted by atomic mass is 16.3. The van der Waals surface area contributed by atoms with Crippen LogP contribution in [0.4, 0.5) is 10.6 Å². The molecule has 3 N–H and O–H groups in total. The zero-order valence-electron chi connectivity index (χ0n) is 13.6. The van der Waals surface area contributed by atoms with Crippen LogP contribution in [0, 0.1) is 5.41 Å². The third-order valence-corrected chi connectivity index (χ3v) is 4.43. The standard InChI is InChI=1S/C16H26N4O2/c1-16(11-21)9-5-7-13(16)19-15(22)17-10-12-6-4-8-14(18-12)20(2)3/h4,6,8,13,21H,5,7,9-11H2,1-3H3,(H2,17,19,22). The van der Waals surface area contributed by atoms with E-state index >= 15 is 0 Å². The van der Waals surface area contributed by atoms with Crippen molar-refractivity contribution in [1.29, 1.82) is 0 Å². The molecule has 22 heavy (non-hydrogen) atoms. The molecule has 1 saturated carbocycles. The summed E-state index contributed by atoms with van der Waals surface area (Å²) in [5.74, 6) is 0.864. The highest BCUT2D eigenvalue weighted by Gasteiger charge is 2.39. The maximum Gasteiger partial charge on any atom is 0.315 e. The molecule has 122 valence electrons. The summed E-state index contributed by atoms with van der Waals surface area (Å²) in [6, 6.07) is 5.56. The minimum Gasteiger partial charge on any atom is -0.396 e. The van der Waals surface area contributed by atoms with Crippen LogP contribution in [-0.4, -0.2) is 42.9 Å². The Hall–Kier alpha value is -1.82. The normalized spacial score (nSPS) is 24.1. The number of urea groups is 1. The maximum absolute atomic E-state index is 12.1. The van der Waals surface area contributed by atoms with E-state index < -0.39 is 0 Å². The molecule has 1 aromatic heterocycles. The van der Waals surface area contributed by atoms with Crippen LogP contribution >= 0.6 is 0 Å². The molecule has 0 saturated heterocycles. The number of hydrogen-bond acceptors (Lipinski definition) is 4. The van der Waals surface area contributed by atoms with Gasteiger partial charge in [-0.2, -0.15) is 0 Å². The van der Waals surface area contributed by atoms with E-state index in [9.17, 15) is 9.90 Å². The molecule has 2 unspecified atom stereocenters. The Balaban J connectivity index is 1.87. The van der Waals surface area contributed by atoms with E-state index in [0.29, 0.717) is 6.54 Å². The Kier molecular flexibility index (Phi) is 5.24. The Labute approximate surface area is 131 Å². The Bertz CT molecular complexity index is 521. The van der Waals surface area contributed by atoms with Gasteiger partial charge >= 0.3 is 6.03 Å². The molecule has 1 heterocycles. The second kappa shape index (κ2) is 6.96. The van der Waals surface area contributed by atoms with Crippen LogP contribution in [0.25, 0.3) is 0 Å². The van der Waals surface area contributed by atoms with Gasteiger partial charge < -0.3 is 20.6 Å². The van der Waals surface area contributed by atoms with Crippen LogP contribution in [0.2, 0.25) is 0 Å². The number of nitrogens with one attached hydrogen (secondary N) is 2. The number of amides is 2. The number of pyridine rings is 1. The van der Waals surface area contributed by atoms with Crippen molar-refractivity contribution < 1.29 is 9.90 Å². The van der Waals surface area contributed by atoms with Crippen LogP contribution in [0.1, 0.15) is 31.9 Å². The van der Waals surface area contributed by atoms with Crippen LogP contribution in [0.3, 0.4) is 0 Å². The lowest BCUT2D eigenvalue weighted by Gasteiger charge is -2.30. The minimum atomic E-state index is -0.208. The molecule has 6 heteroatoms. The van der Waals surface area contributed by atoms with Crippen molar-refractivity contribution in [1.82, 2.24) is 15.6 Å². The van der Waals surface area contributed by atoms with Gasteiger partial charge in [-0.3, -0.25) is 0 Å². The lowest BCUT2D eigenvalue weighted by molar-refractivity contribution is 0.121. The van der Waals surface area contributed by atoms with E-state index in [1.807, 2.05) is 44.1 Å². The summed E-state index contributed by atoms with van der Waals surface area (Å²) < 4.78 is 0. The second-order valence-corrected chi connectivity index (χ2v) is 6.47. The Morgan fingerprint density at radius 1 is 1.50 bits per heavy atom. The van der Waals surface area contributed by atoms with Gasteiger partial charge in [0.2, 0.25) is 0 Å². The molecule has 0 spiro atoms. The smallest absolute Gasteiger partial charge is 0.315 e. The molecule has 0 radical (unpaired) electrons. The predicted octanol–water partition coefficient (Wildman–Crippen LogP) is 1.50. The van der Waals surface area contributed by atoms with Crippen LogP contribution in [-0.2, 0) is 6.54 Å². The van der Waals surface area contributed by atoms with Gasteiger partial charge in [-0.05, 0) is 25.0 Å². The zero-order chi connectivity index (χ0) is 16.2. The monoisotopic (exact) mass is 306 g/mol. The van der Waals surface area contributed by atoms with Gasteiger partial charge in [-0.15, -0.1) is 0 Å². The van der Waals surface area contributed by atoms with Crippen molar-refractivity contribution in [2.45, 2.75) is 38.8 Å². The lowest BCUT2D eigenvalue weighted by atomic mass is 9.86. The van der Waals surface area contributed by atoms with Crippen molar-refractivity contribution in [3.63, 3.8) is 0 Å². The van der Waals surface area contributed by atoms with Crippen LogP contribution < -0.4 is 15.5 Å². The Morgan fingerprint density at radius 3 is 2.95 bits per heavy atom. The molecule has 6 nitrogen and oxygen atoms in total. The Morgan fingerprint density at radius 2 is 2.27 bits per heavy atom. The van der Waals surface area contributed by atoms with Crippen LogP contribution in [0.15, 0.2) is 18.2 Å². The molecule has 2 atom stereocenters. The van der Waals surface area contributed by atoms with E-state index in [2.05, 4.69) is 15.6 Å². The number of nitrogens with zero attached hydrogens (tertiary/aromatic N) is 2. The lowest BCUT2D eigenvalue weighted by Crippen LogP contribution is -2.48. The van der Waals surface area contributed by atoms with Gasteiger partial charge in [0.05, 0.1) is 18.8 Å². The van der Waals surface area contributed by atoms with Gasteiger partial charge in [0.15, 0.2) is 0 Å². The molecule has 1 fully saturated rings. The van der Waals surface area contributed by atoms with Crippen molar-refractivity contribution in [2.75, 3.05) is 25.6 Å². The van der Waals surface area contributed by atoms with Gasteiger partial charge in [-0.25, -0.2) is 9.78 Å². The molecule has 0 aromatic carbocycles. The first-order valence-corrected chi connectivity index (χ1v) is 7.73. The number of aromatic nitrogens is 1. The third kappa shape index (κ3) is 3.88. The van der Waals surface area contributed by atoms with E-state index in [0.717, 1.165) is 30.8 Å². The molecular weight excluding hydrogens is 280 g/mol. The number of carbonyl (C=O) groups excluding carboxylic acids is 1. The summed E-state index contributed by atoms with van der Waals surface area (Å²) in [5, 5.41) is 15.3. The number of carbonyl (C=O) groups is 1. The first-order chi connectivity index (χ1) is 10.4. The quantitative estimate of drug-likeness (QED) is 0.770. The number of anilines is 1. The fourth-order valence-electron chi connectivity index (χ4n) is 2.86.